The molecule has 7 nitrogen and oxygen atoms in total. The van der Waals surface area contributed by atoms with Crippen molar-refractivity contribution in [1.82, 2.24) is 5.32 Å². The lowest BCUT2D eigenvalue weighted by atomic mass is 10.3. The number of ether oxygens (including phenoxy) is 2. The van der Waals surface area contributed by atoms with Crippen LogP contribution in [0.4, 0.5) is 10.5 Å². The number of hydrogen-bond acceptors (Lipinski definition) is 5. The summed E-state index contributed by atoms with van der Waals surface area (Å²) in [5.41, 5.74) is 0.288. The lowest BCUT2D eigenvalue weighted by molar-refractivity contribution is 0.247. The minimum Gasteiger partial charge on any atom is -0.508 e. The van der Waals surface area contributed by atoms with E-state index < -0.39 is 6.03 Å². The Labute approximate surface area is 133 Å². The van der Waals surface area contributed by atoms with Crippen molar-refractivity contribution >= 4 is 11.7 Å². The fourth-order valence-electron chi connectivity index (χ4n) is 1.85. The van der Waals surface area contributed by atoms with Gasteiger partial charge in [0.1, 0.15) is 29.6 Å². The van der Waals surface area contributed by atoms with Gasteiger partial charge in [0.2, 0.25) is 0 Å². The third-order valence-corrected chi connectivity index (χ3v) is 2.88. The summed E-state index contributed by atoms with van der Waals surface area (Å²) in [7, 11) is 1.59. The number of aromatic hydroxyl groups is 2. The van der Waals surface area contributed by atoms with Crippen molar-refractivity contribution < 1.29 is 24.5 Å². The second kappa shape index (κ2) is 7.79. The van der Waals surface area contributed by atoms with E-state index in [0.717, 1.165) is 5.75 Å². The van der Waals surface area contributed by atoms with Crippen LogP contribution in [0.2, 0.25) is 0 Å². The van der Waals surface area contributed by atoms with Gasteiger partial charge < -0.3 is 30.3 Å². The summed E-state index contributed by atoms with van der Waals surface area (Å²) < 4.78 is 10.5. The molecule has 2 aromatic carbocycles. The van der Waals surface area contributed by atoms with Gasteiger partial charge in [0.15, 0.2) is 0 Å². The van der Waals surface area contributed by atoms with E-state index in [2.05, 4.69) is 10.6 Å². The van der Waals surface area contributed by atoms with Crippen molar-refractivity contribution in [2.24, 2.45) is 0 Å². The molecule has 2 amide bonds. The number of carbonyl (C=O) groups is 1. The highest BCUT2D eigenvalue weighted by Gasteiger charge is 2.04. The van der Waals surface area contributed by atoms with Gasteiger partial charge in [0, 0.05) is 23.9 Å². The molecule has 23 heavy (non-hydrogen) atoms. The minimum absolute atomic E-state index is 0.136. The highest BCUT2D eigenvalue weighted by atomic mass is 16.5. The zero-order valence-corrected chi connectivity index (χ0v) is 12.6. The number of anilines is 1. The molecule has 0 heterocycles. The standard InChI is InChI=1S/C16H18N2O5/c1-22-14-2-4-15(5-3-14)23-7-6-17-16(21)18-11-8-12(19)10-13(20)9-11/h2-5,8-10,19-20H,6-7H2,1H3,(H2,17,18,21). The summed E-state index contributed by atoms with van der Waals surface area (Å²) in [5.74, 6) is 1.14. The zero-order valence-electron chi connectivity index (χ0n) is 12.6. The number of amides is 2. The number of methoxy groups -OCH3 is 1. The van der Waals surface area contributed by atoms with E-state index in [1.807, 2.05) is 0 Å². The summed E-state index contributed by atoms with van der Waals surface area (Å²) in [6.07, 6.45) is 0. The summed E-state index contributed by atoms with van der Waals surface area (Å²) >= 11 is 0. The van der Waals surface area contributed by atoms with Crippen LogP contribution in [0.3, 0.4) is 0 Å². The molecule has 122 valence electrons. The Bertz CT molecular complexity index is 638. The second-order valence-corrected chi connectivity index (χ2v) is 4.64. The van der Waals surface area contributed by atoms with Crippen LogP contribution in [-0.2, 0) is 0 Å². The molecular formula is C16H18N2O5. The molecule has 0 atom stereocenters. The number of hydrogen-bond donors (Lipinski definition) is 4. The van der Waals surface area contributed by atoms with E-state index in [1.54, 1.807) is 31.4 Å². The predicted molar refractivity (Wildman–Crippen MR) is 85.3 cm³/mol. The lowest BCUT2D eigenvalue weighted by Gasteiger charge is -2.10. The van der Waals surface area contributed by atoms with E-state index in [4.69, 9.17) is 9.47 Å². The fourth-order valence-corrected chi connectivity index (χ4v) is 1.85. The monoisotopic (exact) mass is 318 g/mol. The van der Waals surface area contributed by atoms with Crippen LogP contribution in [0.25, 0.3) is 0 Å². The first-order valence-electron chi connectivity index (χ1n) is 6.91. The third-order valence-electron chi connectivity index (χ3n) is 2.88. The maximum Gasteiger partial charge on any atom is 0.319 e. The Morgan fingerprint density at radius 1 is 1.04 bits per heavy atom. The topological polar surface area (TPSA) is 100 Å². The summed E-state index contributed by atoms with van der Waals surface area (Å²) in [6.45, 7) is 0.591. The van der Waals surface area contributed by atoms with Gasteiger partial charge in [-0.25, -0.2) is 4.79 Å². The SMILES string of the molecule is COc1ccc(OCCNC(=O)Nc2cc(O)cc(O)c2)cc1. The van der Waals surface area contributed by atoms with E-state index in [1.165, 1.54) is 18.2 Å². The van der Waals surface area contributed by atoms with E-state index in [0.29, 0.717) is 18.9 Å². The summed E-state index contributed by atoms with van der Waals surface area (Å²) in [5, 5.41) is 23.7. The number of benzene rings is 2. The molecule has 2 aromatic rings. The molecule has 0 fully saturated rings. The van der Waals surface area contributed by atoms with Crippen molar-refractivity contribution in [3.05, 3.63) is 42.5 Å². The number of phenolic OH excluding ortho intramolecular Hbond substituents is 2. The van der Waals surface area contributed by atoms with Gasteiger partial charge >= 0.3 is 6.03 Å². The Balaban J connectivity index is 1.71. The smallest absolute Gasteiger partial charge is 0.319 e. The molecule has 0 saturated heterocycles. The van der Waals surface area contributed by atoms with Gasteiger partial charge in [-0.1, -0.05) is 0 Å². The number of nitrogens with one attached hydrogen (secondary N) is 2. The molecule has 0 aliphatic carbocycles. The van der Waals surface area contributed by atoms with Gasteiger partial charge in [0.05, 0.1) is 13.7 Å². The van der Waals surface area contributed by atoms with Crippen LogP contribution >= 0.6 is 0 Å². The van der Waals surface area contributed by atoms with E-state index >= 15 is 0 Å². The zero-order chi connectivity index (χ0) is 16.7. The predicted octanol–water partition coefficient (Wildman–Crippen LogP) is 2.31. The van der Waals surface area contributed by atoms with Gasteiger partial charge in [-0.2, -0.15) is 0 Å². The van der Waals surface area contributed by atoms with Crippen LogP contribution in [0.5, 0.6) is 23.0 Å². The molecule has 0 bridgehead atoms. The molecular weight excluding hydrogens is 300 g/mol. The maximum atomic E-state index is 11.7. The number of carbonyl (C=O) groups excluding carboxylic acids is 1. The normalized spacial score (nSPS) is 9.96. The third kappa shape index (κ3) is 5.31. The molecule has 2 rings (SSSR count). The van der Waals surface area contributed by atoms with Crippen molar-refractivity contribution in [3.63, 3.8) is 0 Å². The summed E-state index contributed by atoms with van der Waals surface area (Å²) in [6, 6.07) is 10.5. The van der Waals surface area contributed by atoms with E-state index in [9.17, 15) is 15.0 Å². The van der Waals surface area contributed by atoms with Crippen molar-refractivity contribution in [3.8, 4) is 23.0 Å². The molecule has 0 spiro atoms. The lowest BCUT2D eigenvalue weighted by Crippen LogP contribution is -2.32. The highest BCUT2D eigenvalue weighted by Crippen LogP contribution is 2.23. The van der Waals surface area contributed by atoms with Crippen LogP contribution in [0, 0.1) is 0 Å². The van der Waals surface area contributed by atoms with Gasteiger partial charge in [0.25, 0.3) is 0 Å². The maximum absolute atomic E-state index is 11.7. The molecule has 0 saturated carbocycles. The highest BCUT2D eigenvalue weighted by molar-refractivity contribution is 5.89. The fraction of sp³-hybridized carbons (Fsp3) is 0.188. The number of rotatable bonds is 6. The Morgan fingerprint density at radius 3 is 2.26 bits per heavy atom. The molecule has 0 unspecified atom stereocenters. The second-order valence-electron chi connectivity index (χ2n) is 4.64. The Hall–Kier alpha value is -3.09. The first-order valence-corrected chi connectivity index (χ1v) is 6.91. The molecule has 7 heteroatoms. The molecule has 0 aromatic heterocycles. The largest absolute Gasteiger partial charge is 0.508 e. The van der Waals surface area contributed by atoms with E-state index in [-0.39, 0.29) is 17.2 Å². The van der Waals surface area contributed by atoms with Crippen molar-refractivity contribution in [2.45, 2.75) is 0 Å². The Morgan fingerprint density at radius 2 is 1.65 bits per heavy atom. The average molecular weight is 318 g/mol. The Kier molecular flexibility index (Phi) is 5.51. The van der Waals surface area contributed by atoms with Crippen LogP contribution in [0.15, 0.2) is 42.5 Å². The van der Waals surface area contributed by atoms with Crippen LogP contribution < -0.4 is 20.1 Å². The molecule has 0 radical (unpaired) electrons. The van der Waals surface area contributed by atoms with Crippen molar-refractivity contribution in [1.29, 1.82) is 0 Å². The quantitative estimate of drug-likeness (QED) is 0.612. The first kappa shape index (κ1) is 16.3. The van der Waals surface area contributed by atoms with Crippen molar-refractivity contribution in [2.75, 3.05) is 25.6 Å². The van der Waals surface area contributed by atoms with Crippen LogP contribution in [0.1, 0.15) is 0 Å². The minimum atomic E-state index is -0.465. The number of urea groups is 1. The first-order chi connectivity index (χ1) is 11.1. The summed E-state index contributed by atoms with van der Waals surface area (Å²) in [4.78, 5) is 11.7. The van der Waals surface area contributed by atoms with Gasteiger partial charge in [-0.3, -0.25) is 0 Å². The molecule has 4 N–H and O–H groups in total. The average Bonchev–Trinajstić information content (AvgIpc) is 2.51. The molecule has 0 aliphatic rings. The van der Waals surface area contributed by atoms with Gasteiger partial charge in [-0.15, -0.1) is 0 Å². The van der Waals surface area contributed by atoms with Crippen LogP contribution in [-0.4, -0.2) is 36.5 Å². The molecule has 0 aliphatic heterocycles. The van der Waals surface area contributed by atoms with Gasteiger partial charge in [-0.05, 0) is 24.3 Å². The number of phenols is 2.